The third kappa shape index (κ3) is 2.95. The van der Waals surface area contributed by atoms with Crippen molar-refractivity contribution < 1.29 is 12.8 Å². The lowest BCUT2D eigenvalue weighted by Crippen LogP contribution is -2.25. The summed E-state index contributed by atoms with van der Waals surface area (Å²) in [6.07, 6.45) is 0. The molecule has 1 atom stereocenters. The Hall–Kier alpha value is -0.820. The van der Waals surface area contributed by atoms with E-state index in [1.165, 1.54) is 6.07 Å². The van der Waals surface area contributed by atoms with E-state index in [1.54, 1.807) is 25.1 Å². The van der Waals surface area contributed by atoms with Crippen LogP contribution in [-0.4, -0.2) is 8.42 Å². The van der Waals surface area contributed by atoms with E-state index in [0.29, 0.717) is 10.1 Å². The largest absolute Gasteiger partial charge is 0.465 e. The van der Waals surface area contributed by atoms with E-state index in [1.807, 2.05) is 6.92 Å². The lowest BCUT2D eigenvalue weighted by molar-refractivity contribution is 0.441. The molecule has 0 bridgehead atoms. The normalized spacial score (nSPS) is 13.7. The molecule has 0 aliphatic heterocycles. The van der Waals surface area contributed by atoms with Gasteiger partial charge in [-0.2, -0.15) is 0 Å². The fourth-order valence-electron chi connectivity index (χ4n) is 1.48. The number of nitrogens with one attached hydrogen (secondary N) is 1. The molecule has 0 aromatic carbocycles. The summed E-state index contributed by atoms with van der Waals surface area (Å²) in [6.45, 7) is 3.54. The van der Waals surface area contributed by atoms with Crippen LogP contribution in [0, 0.1) is 6.92 Å². The quantitative estimate of drug-likeness (QED) is 0.942. The van der Waals surface area contributed by atoms with Crippen molar-refractivity contribution in [2.24, 2.45) is 0 Å². The maximum atomic E-state index is 12.0. The lowest BCUT2D eigenvalue weighted by Gasteiger charge is -2.10. The van der Waals surface area contributed by atoms with Crippen molar-refractivity contribution in [3.05, 3.63) is 40.1 Å². The maximum absolute atomic E-state index is 12.0. The smallest absolute Gasteiger partial charge is 0.250 e. The number of halogens is 1. The highest BCUT2D eigenvalue weighted by atomic mass is 35.5. The van der Waals surface area contributed by atoms with Crippen molar-refractivity contribution in [3.8, 4) is 0 Å². The third-order valence-electron chi connectivity index (χ3n) is 2.33. The van der Waals surface area contributed by atoms with Gasteiger partial charge in [0, 0.05) is 0 Å². The molecule has 98 valence electrons. The van der Waals surface area contributed by atoms with Crippen molar-refractivity contribution in [2.75, 3.05) is 0 Å². The minimum Gasteiger partial charge on any atom is -0.465 e. The van der Waals surface area contributed by atoms with Crippen LogP contribution in [0.1, 0.15) is 24.5 Å². The molecule has 7 heteroatoms. The summed E-state index contributed by atoms with van der Waals surface area (Å²) in [4.78, 5) is 0. The first-order chi connectivity index (χ1) is 8.38. The molecule has 2 aromatic heterocycles. The number of thiophene rings is 1. The molecule has 18 heavy (non-hydrogen) atoms. The minimum absolute atomic E-state index is 0.197. The molecule has 0 unspecified atom stereocenters. The first-order valence-electron chi connectivity index (χ1n) is 5.22. The molecule has 2 heterocycles. The Bertz CT molecular complexity index is 645. The number of furan rings is 1. The Kier molecular flexibility index (Phi) is 3.82. The van der Waals surface area contributed by atoms with Crippen LogP contribution in [0.3, 0.4) is 0 Å². The number of aryl methyl sites for hydroxylation is 1. The van der Waals surface area contributed by atoms with Crippen molar-refractivity contribution in [1.82, 2.24) is 4.72 Å². The fourth-order valence-corrected chi connectivity index (χ4v) is 4.19. The molecular weight excluding hydrogens is 294 g/mol. The lowest BCUT2D eigenvalue weighted by atomic mass is 10.3. The summed E-state index contributed by atoms with van der Waals surface area (Å²) in [5.41, 5.74) is 0. The molecule has 4 nitrogen and oxygen atoms in total. The van der Waals surface area contributed by atoms with Gasteiger partial charge in [0.05, 0.1) is 10.4 Å². The third-order valence-corrected chi connectivity index (χ3v) is 5.60. The van der Waals surface area contributed by atoms with Crippen molar-refractivity contribution in [3.63, 3.8) is 0 Å². The van der Waals surface area contributed by atoms with E-state index < -0.39 is 16.1 Å². The Balaban J connectivity index is 2.18. The second-order valence-corrected chi connectivity index (χ2v) is 7.51. The zero-order chi connectivity index (χ0) is 13.3. The highest BCUT2D eigenvalue weighted by Gasteiger charge is 2.21. The van der Waals surface area contributed by atoms with Gasteiger partial charge in [0.1, 0.15) is 15.7 Å². The van der Waals surface area contributed by atoms with E-state index in [0.717, 1.165) is 17.1 Å². The highest BCUT2D eigenvalue weighted by Crippen LogP contribution is 2.27. The molecule has 2 rings (SSSR count). The Morgan fingerprint density at radius 3 is 2.56 bits per heavy atom. The zero-order valence-corrected chi connectivity index (χ0v) is 12.2. The molecule has 0 amide bonds. The molecule has 0 spiro atoms. The van der Waals surface area contributed by atoms with Crippen LogP contribution in [0.4, 0.5) is 0 Å². The van der Waals surface area contributed by atoms with Crippen LogP contribution in [-0.2, 0) is 10.0 Å². The Labute approximate surface area is 115 Å². The molecule has 0 fully saturated rings. The van der Waals surface area contributed by atoms with Gasteiger partial charge in [0.15, 0.2) is 0 Å². The van der Waals surface area contributed by atoms with Crippen LogP contribution >= 0.6 is 22.9 Å². The monoisotopic (exact) mass is 305 g/mol. The molecular formula is C11H12ClNO3S2. The van der Waals surface area contributed by atoms with Crippen molar-refractivity contribution in [1.29, 1.82) is 0 Å². The van der Waals surface area contributed by atoms with Crippen LogP contribution in [0.2, 0.25) is 4.34 Å². The van der Waals surface area contributed by atoms with Gasteiger partial charge in [-0.15, -0.1) is 11.3 Å². The van der Waals surface area contributed by atoms with E-state index in [4.69, 9.17) is 16.0 Å². The van der Waals surface area contributed by atoms with Gasteiger partial charge >= 0.3 is 0 Å². The van der Waals surface area contributed by atoms with Gasteiger partial charge in [0.25, 0.3) is 10.0 Å². The number of hydrogen-bond acceptors (Lipinski definition) is 4. The zero-order valence-electron chi connectivity index (χ0n) is 9.81. The standard InChI is InChI=1S/C11H12ClNO3S2/c1-7-3-4-9(16-7)8(2)13-18(14,15)11-6-5-10(12)17-11/h3-6,8,13H,1-2H3/t8-/m0/s1. The molecule has 0 aliphatic rings. The van der Waals surface area contributed by atoms with Crippen molar-refractivity contribution in [2.45, 2.75) is 24.1 Å². The summed E-state index contributed by atoms with van der Waals surface area (Å²) in [6, 6.07) is 6.16. The highest BCUT2D eigenvalue weighted by molar-refractivity contribution is 7.91. The van der Waals surface area contributed by atoms with E-state index >= 15 is 0 Å². The molecule has 0 saturated heterocycles. The van der Waals surface area contributed by atoms with E-state index in [-0.39, 0.29) is 4.21 Å². The predicted molar refractivity (Wildman–Crippen MR) is 71.5 cm³/mol. The minimum atomic E-state index is -3.55. The second-order valence-electron chi connectivity index (χ2n) is 3.85. The van der Waals surface area contributed by atoms with Gasteiger partial charge < -0.3 is 4.42 Å². The van der Waals surface area contributed by atoms with Gasteiger partial charge in [-0.25, -0.2) is 13.1 Å². The number of hydrogen-bond donors (Lipinski definition) is 1. The Morgan fingerprint density at radius 1 is 1.33 bits per heavy atom. The molecule has 2 aromatic rings. The van der Waals surface area contributed by atoms with Gasteiger partial charge in [-0.1, -0.05) is 11.6 Å². The summed E-state index contributed by atoms with van der Waals surface area (Å²) in [7, 11) is -3.55. The summed E-state index contributed by atoms with van der Waals surface area (Å²) < 4.78 is 32.6. The van der Waals surface area contributed by atoms with Crippen LogP contribution in [0.5, 0.6) is 0 Å². The van der Waals surface area contributed by atoms with Gasteiger partial charge in [0.2, 0.25) is 0 Å². The molecule has 1 N–H and O–H groups in total. The average molecular weight is 306 g/mol. The SMILES string of the molecule is Cc1ccc([C@H](C)NS(=O)(=O)c2ccc(Cl)s2)o1. The van der Waals surface area contributed by atoms with Crippen LogP contribution < -0.4 is 4.72 Å². The van der Waals surface area contributed by atoms with Crippen LogP contribution in [0.25, 0.3) is 0 Å². The van der Waals surface area contributed by atoms with E-state index in [9.17, 15) is 8.42 Å². The van der Waals surface area contributed by atoms with Crippen molar-refractivity contribution >= 4 is 33.0 Å². The van der Waals surface area contributed by atoms with Gasteiger partial charge in [-0.05, 0) is 38.1 Å². The van der Waals surface area contributed by atoms with Gasteiger partial charge in [-0.3, -0.25) is 0 Å². The fraction of sp³-hybridized carbons (Fsp3) is 0.273. The second kappa shape index (κ2) is 5.05. The molecule has 0 radical (unpaired) electrons. The summed E-state index contributed by atoms with van der Waals surface area (Å²) in [5.74, 6) is 1.33. The summed E-state index contributed by atoms with van der Waals surface area (Å²) in [5, 5.41) is 0. The predicted octanol–water partition coefficient (Wildman–Crippen LogP) is 3.34. The Morgan fingerprint density at radius 2 is 2.06 bits per heavy atom. The van der Waals surface area contributed by atoms with Crippen LogP contribution in [0.15, 0.2) is 32.9 Å². The summed E-state index contributed by atoms with van der Waals surface area (Å²) >= 11 is 6.75. The molecule has 0 aliphatic carbocycles. The average Bonchev–Trinajstić information content (AvgIpc) is 2.86. The van der Waals surface area contributed by atoms with E-state index in [2.05, 4.69) is 4.72 Å². The topological polar surface area (TPSA) is 59.3 Å². The number of rotatable bonds is 4. The molecule has 0 saturated carbocycles. The maximum Gasteiger partial charge on any atom is 0.250 e. The first kappa shape index (κ1) is 13.6. The first-order valence-corrected chi connectivity index (χ1v) is 7.90. The number of sulfonamides is 1.